The third kappa shape index (κ3) is 73.4. The van der Waals surface area contributed by atoms with E-state index in [9.17, 15) is 0 Å². The molecule has 0 spiro atoms. The Morgan fingerprint density at radius 1 is 0.875 bits per heavy atom. The normalized spacial score (nSPS) is 7.50. The standard InChI is InChI=1S/Ca.Cu.Mg.H4O4Si.4H/c;;;1-5(2,3)4;;;;/h;;;1-4H;;;;. The van der Waals surface area contributed by atoms with Gasteiger partial charge in [0.05, 0.1) is 0 Å². The number of rotatable bonds is 0. The first kappa shape index (κ1) is 22.4. The van der Waals surface area contributed by atoms with Gasteiger partial charge in [0, 0.05) is 17.1 Å². The molecule has 0 aromatic heterocycles. The molecule has 0 saturated carbocycles. The van der Waals surface area contributed by atoms with Crippen LogP contribution in [0.1, 0.15) is 0 Å². The summed E-state index contributed by atoms with van der Waals surface area (Å²) in [4.78, 5) is 29.3. The second-order valence-corrected chi connectivity index (χ2v) is 1.80. The molecule has 0 fully saturated rings. The molecular weight excluding hydrogens is 220 g/mol. The van der Waals surface area contributed by atoms with E-state index < -0.39 is 9.05 Å². The van der Waals surface area contributed by atoms with Gasteiger partial charge in [0.15, 0.2) is 0 Å². The molecule has 0 bridgehead atoms. The molecule has 8 heavy (non-hydrogen) atoms. The van der Waals surface area contributed by atoms with Crippen molar-refractivity contribution < 1.29 is 36.3 Å². The van der Waals surface area contributed by atoms with E-state index in [2.05, 4.69) is 0 Å². The molecule has 51 valence electrons. The predicted molar refractivity (Wildman–Crippen MR) is 31.7 cm³/mol. The minimum Gasteiger partial charge on any atom is 0 e. The minimum absolute atomic E-state index is 0. The molecule has 0 unspecified atom stereocenters. The average molecular weight is 228 g/mol. The summed E-state index contributed by atoms with van der Waals surface area (Å²) in [5.41, 5.74) is 0. The Balaban J connectivity index is -0.0000000267. The van der Waals surface area contributed by atoms with Crippen LogP contribution in [0, 0.1) is 0 Å². The molecule has 0 aliphatic carbocycles. The fourth-order valence-electron chi connectivity index (χ4n) is 0. The van der Waals surface area contributed by atoms with Crippen LogP contribution in [0.5, 0.6) is 0 Å². The summed E-state index contributed by atoms with van der Waals surface area (Å²) >= 11 is 0. The van der Waals surface area contributed by atoms with Gasteiger partial charge < -0.3 is 19.2 Å². The Labute approximate surface area is 104 Å². The van der Waals surface area contributed by atoms with Crippen molar-refractivity contribution in [3.8, 4) is 0 Å². The van der Waals surface area contributed by atoms with E-state index in [1.54, 1.807) is 0 Å². The molecular formula is H8CaCuMgO4Si. The van der Waals surface area contributed by atoms with Crippen molar-refractivity contribution in [2.45, 2.75) is 0 Å². The monoisotopic (exact) mass is 227 g/mol. The second-order valence-electron chi connectivity index (χ2n) is 0.600. The van der Waals surface area contributed by atoms with Gasteiger partial charge in [-0.25, -0.2) is 0 Å². The fourth-order valence-corrected chi connectivity index (χ4v) is 0. The van der Waals surface area contributed by atoms with Crippen LogP contribution < -0.4 is 0 Å². The summed E-state index contributed by atoms with van der Waals surface area (Å²) in [7, 11) is -4.61. The first-order valence-electron chi connectivity index (χ1n) is 0.894. The first-order valence-corrected chi connectivity index (χ1v) is 2.68. The van der Waals surface area contributed by atoms with E-state index in [-0.39, 0.29) is 77.9 Å². The maximum absolute atomic E-state index is 7.33. The molecule has 0 aromatic rings. The van der Waals surface area contributed by atoms with Crippen molar-refractivity contribution in [3.63, 3.8) is 0 Å². The number of hydrogen-bond donors (Lipinski definition) is 4. The molecule has 0 rings (SSSR count). The zero-order valence-corrected chi connectivity index (χ0v) is 4.53. The van der Waals surface area contributed by atoms with Crippen molar-refractivity contribution in [1.82, 2.24) is 0 Å². The summed E-state index contributed by atoms with van der Waals surface area (Å²) < 4.78 is 0. The van der Waals surface area contributed by atoms with Gasteiger partial charge in [-0.05, 0) is 0 Å². The SMILES string of the molecule is O[Si](O)(O)O.[CaH2].[Cu].[MgH2]. The van der Waals surface area contributed by atoms with Gasteiger partial charge in [0.2, 0.25) is 0 Å². The molecule has 0 amide bonds. The van der Waals surface area contributed by atoms with E-state index >= 15 is 0 Å². The van der Waals surface area contributed by atoms with E-state index in [0.717, 1.165) is 0 Å². The molecule has 4 N–H and O–H groups in total. The fraction of sp³-hybridized carbons (Fsp3) is 0. The molecule has 1 radical (unpaired) electrons. The zero-order chi connectivity index (χ0) is 4.50. The number of hydrogen-bond acceptors (Lipinski definition) is 4. The van der Waals surface area contributed by atoms with E-state index in [1.807, 2.05) is 0 Å². The third-order valence-corrected chi connectivity index (χ3v) is 0. The molecule has 0 aliphatic rings. The predicted octanol–water partition coefficient (Wildman–Crippen LogP) is -4.44. The summed E-state index contributed by atoms with van der Waals surface area (Å²) in [6.07, 6.45) is 0. The minimum atomic E-state index is -4.61. The summed E-state index contributed by atoms with van der Waals surface area (Å²) in [6.45, 7) is 0. The Hall–Kier alpha value is 2.60. The van der Waals surface area contributed by atoms with Crippen LogP contribution in [-0.2, 0) is 17.1 Å². The first-order chi connectivity index (χ1) is 2.00. The van der Waals surface area contributed by atoms with Gasteiger partial charge in [0.25, 0.3) is 0 Å². The van der Waals surface area contributed by atoms with Crippen LogP contribution in [0.15, 0.2) is 0 Å². The smallest absolute Gasteiger partial charge is 0 e. The molecule has 0 aliphatic heterocycles. The van der Waals surface area contributed by atoms with Gasteiger partial charge in [-0.1, -0.05) is 0 Å². The molecule has 4 nitrogen and oxygen atoms in total. The van der Waals surface area contributed by atoms with Gasteiger partial charge >= 0.3 is 69.8 Å². The average Bonchev–Trinajstić information content (AvgIpc) is 0.722. The molecule has 0 heterocycles. The van der Waals surface area contributed by atoms with Crippen molar-refractivity contribution in [3.05, 3.63) is 0 Å². The van der Waals surface area contributed by atoms with Crippen molar-refractivity contribution >= 4 is 69.8 Å². The van der Waals surface area contributed by atoms with Gasteiger partial charge in [-0.15, -0.1) is 0 Å². The molecule has 0 saturated heterocycles. The van der Waals surface area contributed by atoms with Crippen LogP contribution in [0.4, 0.5) is 0 Å². The van der Waals surface area contributed by atoms with E-state index in [1.165, 1.54) is 0 Å². The van der Waals surface area contributed by atoms with Gasteiger partial charge in [-0.2, -0.15) is 0 Å². The van der Waals surface area contributed by atoms with Crippen LogP contribution in [0.25, 0.3) is 0 Å². The Morgan fingerprint density at radius 2 is 0.875 bits per heavy atom. The van der Waals surface area contributed by atoms with Crippen molar-refractivity contribution in [1.29, 1.82) is 0 Å². The Bertz CT molecular complexity index is 31.5. The van der Waals surface area contributed by atoms with Gasteiger partial charge in [0.1, 0.15) is 0 Å². The van der Waals surface area contributed by atoms with Crippen LogP contribution >= 0.6 is 0 Å². The zero-order valence-electron chi connectivity index (χ0n) is 2.59. The summed E-state index contributed by atoms with van der Waals surface area (Å²) in [6, 6.07) is 0. The second kappa shape index (κ2) is 9.60. The molecule has 8 heteroatoms. The molecule has 0 aromatic carbocycles. The summed E-state index contributed by atoms with van der Waals surface area (Å²) in [5, 5.41) is 0. The van der Waals surface area contributed by atoms with Crippen molar-refractivity contribution in [2.24, 2.45) is 0 Å². The maximum atomic E-state index is 7.33. The van der Waals surface area contributed by atoms with Gasteiger partial charge in [-0.3, -0.25) is 0 Å². The third-order valence-electron chi connectivity index (χ3n) is 0. The largest absolute Gasteiger partial charge is 0.316 e. The van der Waals surface area contributed by atoms with Crippen LogP contribution in [0.2, 0.25) is 0 Å². The maximum Gasteiger partial charge on any atom is 0.316 e. The topological polar surface area (TPSA) is 80.9 Å². The molecule has 0 atom stereocenters. The van der Waals surface area contributed by atoms with Crippen molar-refractivity contribution in [2.75, 3.05) is 0 Å². The van der Waals surface area contributed by atoms with Crippen LogP contribution in [0.3, 0.4) is 0 Å². The van der Waals surface area contributed by atoms with E-state index in [0.29, 0.717) is 0 Å². The summed E-state index contributed by atoms with van der Waals surface area (Å²) in [5.74, 6) is 0. The quantitative estimate of drug-likeness (QED) is 0.315. The van der Waals surface area contributed by atoms with Crippen LogP contribution in [-0.4, -0.2) is 89.0 Å². The van der Waals surface area contributed by atoms with E-state index in [4.69, 9.17) is 19.2 Å². The Kier molecular flexibility index (Phi) is 26.9. The Morgan fingerprint density at radius 3 is 0.875 bits per heavy atom.